The molecule has 0 spiro atoms. The minimum Gasteiger partial charge on any atom is -0.280 e. The van der Waals surface area contributed by atoms with Crippen LogP contribution in [0.3, 0.4) is 0 Å². The number of anilines is 1. The van der Waals surface area contributed by atoms with E-state index in [2.05, 4.69) is 48.7 Å². The molecule has 3 aromatic rings. The van der Waals surface area contributed by atoms with Crippen molar-refractivity contribution in [2.24, 2.45) is 0 Å². The summed E-state index contributed by atoms with van der Waals surface area (Å²) in [5.74, 6) is 0.275. The molecule has 2 N–H and O–H groups in total. The Morgan fingerprint density at radius 1 is 1.20 bits per heavy atom. The van der Waals surface area contributed by atoms with Gasteiger partial charge in [0.2, 0.25) is 0 Å². The third-order valence-corrected chi connectivity index (χ3v) is 3.52. The van der Waals surface area contributed by atoms with Crippen LogP contribution in [0.2, 0.25) is 0 Å². The smallest absolute Gasteiger partial charge is 0.270 e. The van der Waals surface area contributed by atoms with Crippen LogP contribution in [0.25, 0.3) is 5.65 Å². The van der Waals surface area contributed by atoms with E-state index in [4.69, 9.17) is 0 Å². The molecule has 3 rings (SSSR count). The van der Waals surface area contributed by atoms with Gasteiger partial charge in [0.25, 0.3) is 5.91 Å². The summed E-state index contributed by atoms with van der Waals surface area (Å²) in [5, 5.41) is 11.8. The van der Waals surface area contributed by atoms with E-state index in [1.54, 1.807) is 18.2 Å². The summed E-state index contributed by atoms with van der Waals surface area (Å²) < 4.78 is 2.40. The highest BCUT2D eigenvalue weighted by atomic mass is 127. The van der Waals surface area contributed by atoms with E-state index >= 15 is 0 Å². The summed E-state index contributed by atoms with van der Waals surface area (Å²) in [4.78, 5) is 12.0. The second-order valence-corrected chi connectivity index (χ2v) is 5.07. The molecule has 100 valence electrons. The minimum atomic E-state index is -0.222. The summed E-state index contributed by atoms with van der Waals surface area (Å²) >= 11 is 2.12. The molecule has 2 aromatic heterocycles. The van der Waals surface area contributed by atoms with Gasteiger partial charge in [0.1, 0.15) is 6.33 Å². The maximum Gasteiger partial charge on any atom is 0.270 e. The maximum absolute atomic E-state index is 12.0. The molecular formula is C12H9IN6O. The molecule has 0 bridgehead atoms. The average Bonchev–Trinajstić information content (AvgIpc) is 2.92. The van der Waals surface area contributed by atoms with E-state index in [-0.39, 0.29) is 5.91 Å². The monoisotopic (exact) mass is 380 g/mol. The predicted molar refractivity (Wildman–Crippen MR) is 81.0 cm³/mol. The molecular weight excluding hydrogens is 371 g/mol. The molecule has 7 nitrogen and oxygen atoms in total. The number of amides is 1. The first-order valence-corrected chi connectivity index (χ1v) is 6.80. The molecule has 8 heteroatoms. The van der Waals surface area contributed by atoms with Crippen LogP contribution in [-0.4, -0.2) is 25.7 Å². The Labute approximate surface area is 127 Å². The number of rotatable bonds is 3. The van der Waals surface area contributed by atoms with Crippen molar-refractivity contribution in [3.8, 4) is 0 Å². The lowest BCUT2D eigenvalue weighted by Crippen LogP contribution is -2.30. The Kier molecular flexibility index (Phi) is 3.46. The van der Waals surface area contributed by atoms with Crippen molar-refractivity contribution < 1.29 is 4.79 Å². The minimum absolute atomic E-state index is 0.222. The molecule has 2 heterocycles. The number of halogens is 1. The Bertz CT molecular complexity index is 771. The Morgan fingerprint density at radius 2 is 2.05 bits per heavy atom. The lowest BCUT2D eigenvalue weighted by molar-refractivity contribution is 0.0961. The van der Waals surface area contributed by atoms with Crippen LogP contribution in [0.15, 0.2) is 42.7 Å². The summed E-state index contributed by atoms with van der Waals surface area (Å²) in [7, 11) is 0. The van der Waals surface area contributed by atoms with Crippen LogP contribution in [0.5, 0.6) is 0 Å². The van der Waals surface area contributed by atoms with Crippen LogP contribution < -0.4 is 10.9 Å². The highest BCUT2D eigenvalue weighted by molar-refractivity contribution is 14.1. The topological polar surface area (TPSA) is 84.2 Å². The second kappa shape index (κ2) is 5.41. The van der Waals surface area contributed by atoms with Gasteiger partial charge in [-0.1, -0.05) is 12.1 Å². The molecule has 1 amide bonds. The fourth-order valence-electron chi connectivity index (χ4n) is 1.63. The number of nitrogens with one attached hydrogen (secondary N) is 2. The van der Waals surface area contributed by atoms with Crippen molar-refractivity contribution >= 4 is 40.0 Å². The van der Waals surface area contributed by atoms with Crippen molar-refractivity contribution in [1.82, 2.24) is 25.2 Å². The molecule has 0 radical (unpaired) electrons. The fourth-order valence-corrected chi connectivity index (χ4v) is 2.26. The number of carbonyl (C=O) groups is 1. The van der Waals surface area contributed by atoms with Crippen LogP contribution in [0.4, 0.5) is 5.82 Å². The summed E-state index contributed by atoms with van der Waals surface area (Å²) in [6.45, 7) is 0. The Balaban J connectivity index is 1.73. The highest BCUT2D eigenvalue weighted by Crippen LogP contribution is 2.11. The van der Waals surface area contributed by atoms with Gasteiger partial charge < -0.3 is 0 Å². The van der Waals surface area contributed by atoms with E-state index in [1.807, 2.05) is 18.2 Å². The fraction of sp³-hybridized carbons (Fsp3) is 0. The molecule has 0 aliphatic carbocycles. The average molecular weight is 380 g/mol. The second-order valence-electron chi connectivity index (χ2n) is 3.91. The molecule has 20 heavy (non-hydrogen) atoms. The quantitative estimate of drug-likeness (QED) is 0.531. The molecule has 0 saturated heterocycles. The first-order valence-electron chi connectivity index (χ1n) is 5.72. The van der Waals surface area contributed by atoms with Crippen molar-refractivity contribution in [3.05, 3.63) is 51.9 Å². The number of benzene rings is 1. The number of hydrogen-bond donors (Lipinski definition) is 2. The van der Waals surface area contributed by atoms with Gasteiger partial charge in [0.05, 0.1) is 5.56 Å². The zero-order valence-electron chi connectivity index (χ0n) is 10.1. The van der Waals surface area contributed by atoms with Gasteiger partial charge in [-0.3, -0.25) is 15.6 Å². The van der Waals surface area contributed by atoms with Gasteiger partial charge in [0.15, 0.2) is 11.5 Å². The SMILES string of the molecule is O=C(NNc1ccc2nncn2n1)c1ccccc1I. The van der Waals surface area contributed by atoms with E-state index in [0.717, 1.165) is 3.57 Å². The van der Waals surface area contributed by atoms with Crippen LogP contribution in [-0.2, 0) is 0 Å². The molecule has 0 unspecified atom stereocenters. The zero-order valence-corrected chi connectivity index (χ0v) is 12.3. The number of nitrogens with zero attached hydrogens (tertiary/aromatic N) is 4. The van der Waals surface area contributed by atoms with Gasteiger partial charge >= 0.3 is 0 Å². The number of carbonyl (C=O) groups excluding carboxylic acids is 1. The molecule has 0 aliphatic rings. The van der Waals surface area contributed by atoms with Crippen LogP contribution in [0, 0.1) is 3.57 Å². The molecule has 0 saturated carbocycles. The van der Waals surface area contributed by atoms with Gasteiger partial charge in [-0.2, -0.15) is 4.52 Å². The van der Waals surface area contributed by atoms with Gasteiger partial charge in [-0.15, -0.1) is 15.3 Å². The standard InChI is InChI=1S/C12H9IN6O/c13-9-4-2-1-3-8(9)12(20)17-15-10-5-6-11-16-14-7-19(11)18-10/h1-7H,(H,15,18)(H,17,20). The number of fused-ring (bicyclic) bond motifs is 1. The third-order valence-electron chi connectivity index (χ3n) is 2.58. The van der Waals surface area contributed by atoms with Crippen molar-refractivity contribution in [3.63, 3.8) is 0 Å². The zero-order chi connectivity index (χ0) is 13.9. The Hall–Kier alpha value is -2.23. The molecule has 1 aromatic carbocycles. The maximum atomic E-state index is 12.0. The Morgan fingerprint density at radius 3 is 2.90 bits per heavy atom. The van der Waals surface area contributed by atoms with E-state index in [1.165, 1.54) is 10.8 Å². The van der Waals surface area contributed by atoms with Crippen molar-refractivity contribution in [1.29, 1.82) is 0 Å². The third kappa shape index (κ3) is 2.54. The lowest BCUT2D eigenvalue weighted by atomic mass is 10.2. The van der Waals surface area contributed by atoms with E-state index < -0.39 is 0 Å². The largest absolute Gasteiger partial charge is 0.280 e. The molecule has 0 fully saturated rings. The first-order chi connectivity index (χ1) is 9.74. The van der Waals surface area contributed by atoms with Gasteiger partial charge in [-0.05, 0) is 46.9 Å². The van der Waals surface area contributed by atoms with Gasteiger partial charge in [-0.25, -0.2) is 0 Å². The number of hydrogen-bond acceptors (Lipinski definition) is 5. The number of aromatic nitrogens is 4. The molecule has 0 aliphatic heterocycles. The summed E-state index contributed by atoms with van der Waals surface area (Å²) in [6.07, 6.45) is 1.49. The van der Waals surface area contributed by atoms with Crippen LogP contribution in [0.1, 0.15) is 10.4 Å². The van der Waals surface area contributed by atoms with Crippen molar-refractivity contribution in [2.75, 3.05) is 5.43 Å². The van der Waals surface area contributed by atoms with E-state index in [9.17, 15) is 4.79 Å². The predicted octanol–water partition coefficient (Wildman–Crippen LogP) is 1.49. The summed E-state index contributed by atoms with van der Waals surface area (Å²) in [5.41, 5.74) is 6.61. The summed E-state index contributed by atoms with van der Waals surface area (Å²) in [6, 6.07) is 10.8. The normalized spacial score (nSPS) is 10.4. The van der Waals surface area contributed by atoms with Crippen LogP contribution >= 0.6 is 22.6 Å². The first kappa shape index (κ1) is 12.8. The van der Waals surface area contributed by atoms with Gasteiger partial charge in [0, 0.05) is 3.57 Å². The van der Waals surface area contributed by atoms with E-state index in [0.29, 0.717) is 17.0 Å². The highest BCUT2D eigenvalue weighted by Gasteiger charge is 2.08. The molecule has 0 atom stereocenters. The number of hydrazine groups is 1. The van der Waals surface area contributed by atoms with Crippen molar-refractivity contribution in [2.45, 2.75) is 0 Å². The lowest BCUT2D eigenvalue weighted by Gasteiger charge is -2.08.